The van der Waals surface area contributed by atoms with Crippen molar-refractivity contribution in [3.8, 4) is 5.75 Å². The van der Waals surface area contributed by atoms with Crippen molar-refractivity contribution < 1.29 is 14.2 Å². The van der Waals surface area contributed by atoms with Crippen molar-refractivity contribution in [2.24, 2.45) is 5.11 Å². The number of hydrogen-bond acceptors (Lipinski definition) is 3. The molecule has 1 atom stereocenters. The Labute approximate surface area is 98.5 Å². The van der Waals surface area contributed by atoms with Crippen molar-refractivity contribution in [3.05, 3.63) is 40.0 Å². The standard InChI is InChI=1S/C11H14FN3O2/c1-17-11-5-4-8(7-9(11)12)10(14-15-13)3-2-6-16/h4-5,7,10,16H,2-3,6H2,1H3. The van der Waals surface area contributed by atoms with Crippen molar-refractivity contribution >= 4 is 0 Å². The number of halogens is 1. The number of benzene rings is 1. The van der Waals surface area contributed by atoms with Gasteiger partial charge in [0.1, 0.15) is 0 Å². The second kappa shape index (κ2) is 6.73. The second-order valence-corrected chi connectivity index (χ2v) is 3.48. The highest BCUT2D eigenvalue weighted by Crippen LogP contribution is 2.27. The first-order chi connectivity index (χ1) is 8.22. The highest BCUT2D eigenvalue weighted by Gasteiger charge is 2.12. The van der Waals surface area contributed by atoms with Gasteiger partial charge in [0, 0.05) is 11.5 Å². The van der Waals surface area contributed by atoms with Gasteiger partial charge >= 0.3 is 0 Å². The van der Waals surface area contributed by atoms with E-state index in [0.29, 0.717) is 18.4 Å². The Morgan fingerprint density at radius 2 is 2.35 bits per heavy atom. The molecule has 1 aromatic carbocycles. The zero-order valence-corrected chi connectivity index (χ0v) is 9.51. The van der Waals surface area contributed by atoms with Gasteiger partial charge in [-0.2, -0.15) is 0 Å². The van der Waals surface area contributed by atoms with Crippen LogP contribution >= 0.6 is 0 Å². The number of rotatable bonds is 6. The molecule has 0 aliphatic heterocycles. The van der Waals surface area contributed by atoms with E-state index in [1.165, 1.54) is 19.2 Å². The van der Waals surface area contributed by atoms with Crippen LogP contribution in [-0.2, 0) is 0 Å². The lowest BCUT2D eigenvalue weighted by atomic mass is 10.0. The third-order valence-corrected chi connectivity index (χ3v) is 2.39. The van der Waals surface area contributed by atoms with Crippen LogP contribution in [-0.4, -0.2) is 18.8 Å². The highest BCUT2D eigenvalue weighted by atomic mass is 19.1. The normalized spacial score (nSPS) is 11.7. The van der Waals surface area contributed by atoms with Gasteiger partial charge in [-0.15, -0.1) is 0 Å². The molecule has 0 heterocycles. The van der Waals surface area contributed by atoms with Crippen molar-refractivity contribution in [2.45, 2.75) is 18.9 Å². The summed E-state index contributed by atoms with van der Waals surface area (Å²) < 4.78 is 18.3. The van der Waals surface area contributed by atoms with Crippen molar-refractivity contribution in [1.82, 2.24) is 0 Å². The predicted octanol–water partition coefficient (Wildman–Crippen LogP) is 2.96. The molecule has 0 radical (unpaired) electrons. The summed E-state index contributed by atoms with van der Waals surface area (Å²) in [5, 5.41) is 12.3. The summed E-state index contributed by atoms with van der Waals surface area (Å²) in [7, 11) is 1.38. The van der Waals surface area contributed by atoms with Gasteiger partial charge in [-0.1, -0.05) is 11.2 Å². The second-order valence-electron chi connectivity index (χ2n) is 3.48. The zero-order valence-electron chi connectivity index (χ0n) is 9.51. The molecule has 0 aromatic heterocycles. The van der Waals surface area contributed by atoms with Gasteiger partial charge in [-0.3, -0.25) is 0 Å². The summed E-state index contributed by atoms with van der Waals surface area (Å²) >= 11 is 0. The van der Waals surface area contributed by atoms with Gasteiger partial charge in [-0.05, 0) is 36.1 Å². The van der Waals surface area contributed by atoms with Crippen LogP contribution in [0.15, 0.2) is 23.3 Å². The molecule has 1 unspecified atom stereocenters. The fourth-order valence-electron chi connectivity index (χ4n) is 1.53. The number of ether oxygens (including phenoxy) is 1. The van der Waals surface area contributed by atoms with Crippen molar-refractivity contribution in [1.29, 1.82) is 0 Å². The maximum absolute atomic E-state index is 13.5. The number of methoxy groups -OCH3 is 1. The molecule has 0 aliphatic carbocycles. The van der Waals surface area contributed by atoms with Gasteiger partial charge in [-0.25, -0.2) is 4.39 Å². The molecule has 92 valence electrons. The average molecular weight is 239 g/mol. The lowest BCUT2D eigenvalue weighted by Crippen LogP contribution is -1.98. The molecule has 0 amide bonds. The first-order valence-electron chi connectivity index (χ1n) is 5.21. The van der Waals surface area contributed by atoms with Crippen LogP contribution in [0.1, 0.15) is 24.4 Å². The largest absolute Gasteiger partial charge is 0.494 e. The summed E-state index contributed by atoms with van der Waals surface area (Å²) in [6, 6.07) is 3.96. The lowest BCUT2D eigenvalue weighted by Gasteiger charge is -2.11. The molecule has 0 saturated heterocycles. The molecule has 0 aliphatic rings. The monoisotopic (exact) mass is 239 g/mol. The Hall–Kier alpha value is -1.78. The average Bonchev–Trinajstić information content (AvgIpc) is 2.34. The smallest absolute Gasteiger partial charge is 0.165 e. The minimum atomic E-state index is -0.493. The summed E-state index contributed by atoms with van der Waals surface area (Å²) in [6.07, 6.45) is 0.976. The van der Waals surface area contributed by atoms with Crippen LogP contribution < -0.4 is 4.74 Å². The Morgan fingerprint density at radius 1 is 1.59 bits per heavy atom. The first kappa shape index (κ1) is 13.3. The number of hydrogen-bond donors (Lipinski definition) is 1. The van der Waals surface area contributed by atoms with E-state index in [1.807, 2.05) is 0 Å². The van der Waals surface area contributed by atoms with Crippen LogP contribution in [0.5, 0.6) is 5.75 Å². The van der Waals surface area contributed by atoms with Crippen LogP contribution in [0.4, 0.5) is 4.39 Å². The molecular formula is C11H14FN3O2. The Morgan fingerprint density at radius 3 is 2.88 bits per heavy atom. The number of nitrogens with zero attached hydrogens (tertiary/aromatic N) is 3. The fourth-order valence-corrected chi connectivity index (χ4v) is 1.53. The van der Waals surface area contributed by atoms with E-state index in [4.69, 9.17) is 15.4 Å². The topological polar surface area (TPSA) is 78.2 Å². The van der Waals surface area contributed by atoms with Gasteiger partial charge in [0.05, 0.1) is 13.2 Å². The Bertz CT molecular complexity index is 419. The summed E-state index contributed by atoms with van der Waals surface area (Å²) in [5.41, 5.74) is 9.02. The molecule has 1 rings (SSSR count). The van der Waals surface area contributed by atoms with E-state index in [9.17, 15) is 4.39 Å². The van der Waals surface area contributed by atoms with Crippen LogP contribution in [0.25, 0.3) is 10.4 Å². The van der Waals surface area contributed by atoms with Crippen LogP contribution in [0.3, 0.4) is 0 Å². The molecule has 0 bridgehead atoms. The molecule has 5 nitrogen and oxygen atoms in total. The zero-order chi connectivity index (χ0) is 12.7. The highest BCUT2D eigenvalue weighted by molar-refractivity contribution is 5.31. The molecule has 0 fully saturated rings. The van der Waals surface area contributed by atoms with E-state index in [2.05, 4.69) is 10.0 Å². The Kier molecular flexibility index (Phi) is 5.26. The fraction of sp³-hybridized carbons (Fsp3) is 0.455. The van der Waals surface area contributed by atoms with E-state index < -0.39 is 11.9 Å². The molecular weight excluding hydrogens is 225 g/mol. The third kappa shape index (κ3) is 3.62. The van der Waals surface area contributed by atoms with Gasteiger partial charge in [0.25, 0.3) is 0 Å². The maximum Gasteiger partial charge on any atom is 0.165 e. The third-order valence-electron chi connectivity index (χ3n) is 2.39. The van der Waals surface area contributed by atoms with Gasteiger partial charge < -0.3 is 9.84 Å². The van der Waals surface area contributed by atoms with Crippen molar-refractivity contribution in [3.63, 3.8) is 0 Å². The molecule has 1 N–H and O–H groups in total. The van der Waals surface area contributed by atoms with Gasteiger partial charge in [0.2, 0.25) is 0 Å². The molecule has 17 heavy (non-hydrogen) atoms. The number of aliphatic hydroxyl groups is 1. The lowest BCUT2D eigenvalue weighted by molar-refractivity contribution is 0.280. The van der Waals surface area contributed by atoms with E-state index in [1.54, 1.807) is 6.07 Å². The molecule has 6 heteroatoms. The number of azide groups is 1. The quantitative estimate of drug-likeness (QED) is 0.470. The summed E-state index contributed by atoms with van der Waals surface area (Å²) in [4.78, 5) is 2.73. The Balaban J connectivity index is 2.93. The van der Waals surface area contributed by atoms with Crippen LogP contribution in [0.2, 0.25) is 0 Å². The van der Waals surface area contributed by atoms with Gasteiger partial charge in [0.15, 0.2) is 11.6 Å². The van der Waals surface area contributed by atoms with E-state index in [0.717, 1.165) is 0 Å². The SMILES string of the molecule is COc1ccc(C(CCCO)N=[N+]=[N-])cc1F. The molecule has 0 spiro atoms. The van der Waals surface area contributed by atoms with Crippen LogP contribution in [0, 0.1) is 5.82 Å². The summed E-state index contributed by atoms with van der Waals surface area (Å²) in [6.45, 7) is 0.0100. The van der Waals surface area contributed by atoms with E-state index >= 15 is 0 Å². The molecule has 0 saturated carbocycles. The maximum atomic E-state index is 13.5. The summed E-state index contributed by atoms with van der Waals surface area (Å²) in [5.74, 6) is -0.345. The van der Waals surface area contributed by atoms with Crippen molar-refractivity contribution in [2.75, 3.05) is 13.7 Å². The molecule has 1 aromatic rings. The minimum absolute atomic E-state index is 0.0100. The first-order valence-corrected chi connectivity index (χ1v) is 5.21. The number of aliphatic hydroxyl groups excluding tert-OH is 1. The predicted molar refractivity (Wildman–Crippen MR) is 61.2 cm³/mol. The minimum Gasteiger partial charge on any atom is -0.494 e. The van der Waals surface area contributed by atoms with E-state index in [-0.39, 0.29) is 12.4 Å².